The monoisotopic (exact) mass is 291 g/mol. The van der Waals surface area contributed by atoms with Gasteiger partial charge in [-0.25, -0.2) is 5.01 Å². The summed E-state index contributed by atoms with van der Waals surface area (Å²) in [6.45, 7) is 9.36. The molecular weight excluding hydrogens is 258 g/mol. The molecule has 5 unspecified atom stereocenters. The van der Waals surface area contributed by atoms with Crippen LogP contribution in [0.2, 0.25) is 0 Å². The molecule has 0 heterocycles. The van der Waals surface area contributed by atoms with Crippen LogP contribution in [0.25, 0.3) is 0 Å². The van der Waals surface area contributed by atoms with Gasteiger partial charge in [0.2, 0.25) is 0 Å². The number of hydrazine groups is 1. The van der Waals surface area contributed by atoms with Crippen molar-refractivity contribution in [2.24, 2.45) is 11.7 Å². The van der Waals surface area contributed by atoms with Crippen LogP contribution in [0.15, 0.2) is 0 Å². The number of hydrogen-bond donors (Lipinski definition) is 5. The van der Waals surface area contributed by atoms with Crippen molar-refractivity contribution in [2.45, 2.75) is 77.5 Å². The van der Waals surface area contributed by atoms with E-state index in [9.17, 15) is 15.3 Å². The molecule has 0 saturated carbocycles. The van der Waals surface area contributed by atoms with Crippen LogP contribution in [-0.4, -0.2) is 57.4 Å². The third-order valence-corrected chi connectivity index (χ3v) is 3.51. The van der Waals surface area contributed by atoms with Gasteiger partial charge in [-0.15, -0.1) is 0 Å². The van der Waals surface area contributed by atoms with Crippen molar-refractivity contribution in [3.8, 4) is 0 Å². The normalized spacial score (nSPS) is 21.6. The first-order valence-electron chi connectivity index (χ1n) is 7.31. The fourth-order valence-electron chi connectivity index (χ4n) is 2.71. The second-order valence-corrected chi connectivity index (χ2v) is 6.53. The molecule has 0 amide bonds. The lowest BCUT2D eigenvalue weighted by Gasteiger charge is -2.41. The summed E-state index contributed by atoms with van der Waals surface area (Å²) in [5.41, 5.74) is 8.13. The Balaban J connectivity index is 4.85. The van der Waals surface area contributed by atoms with Gasteiger partial charge >= 0.3 is 0 Å². The Kier molecular flexibility index (Phi) is 8.16. The average molecular weight is 291 g/mol. The van der Waals surface area contributed by atoms with Gasteiger partial charge in [-0.2, -0.15) is 0 Å². The maximum Gasteiger partial charge on any atom is 0.147 e. The smallest absolute Gasteiger partial charge is 0.147 e. The molecule has 0 aliphatic carbocycles. The van der Waals surface area contributed by atoms with Crippen LogP contribution in [-0.2, 0) is 0 Å². The van der Waals surface area contributed by atoms with Gasteiger partial charge < -0.3 is 21.1 Å². The zero-order valence-electron chi connectivity index (χ0n) is 13.7. The number of aliphatic hydroxyl groups excluding tert-OH is 3. The van der Waals surface area contributed by atoms with Crippen LogP contribution in [0, 0.1) is 5.92 Å². The van der Waals surface area contributed by atoms with E-state index in [1.54, 1.807) is 20.9 Å². The van der Waals surface area contributed by atoms with E-state index >= 15 is 0 Å². The Morgan fingerprint density at radius 1 is 1.15 bits per heavy atom. The second-order valence-electron chi connectivity index (χ2n) is 6.53. The first-order chi connectivity index (χ1) is 9.02. The van der Waals surface area contributed by atoms with Crippen LogP contribution >= 0.6 is 0 Å². The summed E-state index contributed by atoms with van der Waals surface area (Å²) in [4.78, 5) is 0. The van der Waals surface area contributed by atoms with E-state index in [0.717, 1.165) is 0 Å². The van der Waals surface area contributed by atoms with Crippen molar-refractivity contribution in [1.82, 2.24) is 10.4 Å². The quantitative estimate of drug-likeness (QED) is 0.303. The fraction of sp³-hybridized carbons (Fsp3) is 1.00. The molecule has 0 spiro atoms. The first-order valence-corrected chi connectivity index (χ1v) is 7.31. The summed E-state index contributed by atoms with van der Waals surface area (Å²) in [6, 6.07) is -0.139. The topological polar surface area (TPSA) is 102 Å². The van der Waals surface area contributed by atoms with E-state index in [4.69, 9.17) is 5.73 Å². The van der Waals surface area contributed by atoms with E-state index in [-0.39, 0.29) is 6.04 Å². The van der Waals surface area contributed by atoms with Crippen molar-refractivity contribution in [2.75, 3.05) is 7.05 Å². The molecule has 0 bridgehead atoms. The van der Waals surface area contributed by atoms with Crippen molar-refractivity contribution in [1.29, 1.82) is 0 Å². The van der Waals surface area contributed by atoms with Crippen LogP contribution in [0.5, 0.6) is 0 Å². The minimum absolute atomic E-state index is 0.139. The van der Waals surface area contributed by atoms with E-state index < -0.39 is 24.0 Å². The number of rotatable bonds is 9. The molecule has 0 radical (unpaired) electrons. The highest BCUT2D eigenvalue weighted by molar-refractivity contribution is 4.92. The van der Waals surface area contributed by atoms with E-state index in [2.05, 4.69) is 5.43 Å². The second kappa shape index (κ2) is 8.26. The van der Waals surface area contributed by atoms with Gasteiger partial charge in [-0.3, -0.25) is 5.43 Å². The molecule has 6 heteroatoms. The molecule has 5 atom stereocenters. The molecule has 0 rings (SSSR count). The number of nitrogens with zero attached hydrogens (tertiary/aromatic N) is 1. The maximum atomic E-state index is 10.4. The van der Waals surface area contributed by atoms with Crippen LogP contribution < -0.4 is 11.2 Å². The fourth-order valence-corrected chi connectivity index (χ4v) is 2.71. The minimum atomic E-state index is -1.14. The zero-order chi connectivity index (χ0) is 16.1. The Bertz CT molecular complexity index is 270. The standard InChI is InChI=1S/C14H33N3O3/c1-9(2)8-14(5,15)12(19)13(20)17(16-6)10(3)7-11(4)18/h9-13,16,18-20H,7-8,15H2,1-6H3. The van der Waals surface area contributed by atoms with Crippen molar-refractivity contribution >= 4 is 0 Å². The lowest BCUT2D eigenvalue weighted by Crippen LogP contribution is -2.63. The lowest BCUT2D eigenvalue weighted by molar-refractivity contribution is -0.144. The number of aliphatic hydroxyl groups is 3. The highest BCUT2D eigenvalue weighted by Crippen LogP contribution is 2.22. The molecule has 6 nitrogen and oxygen atoms in total. The highest BCUT2D eigenvalue weighted by atomic mass is 16.4. The average Bonchev–Trinajstić information content (AvgIpc) is 2.25. The Morgan fingerprint density at radius 3 is 2.00 bits per heavy atom. The van der Waals surface area contributed by atoms with Crippen LogP contribution in [0.4, 0.5) is 0 Å². The summed E-state index contributed by atoms with van der Waals surface area (Å²) in [5.74, 6) is 0.324. The minimum Gasteiger partial charge on any atom is -0.393 e. The molecular formula is C14H33N3O3. The molecule has 122 valence electrons. The third kappa shape index (κ3) is 6.03. The number of hydrogen-bond acceptors (Lipinski definition) is 6. The summed E-state index contributed by atoms with van der Waals surface area (Å²) in [6.07, 6.45) is -1.62. The summed E-state index contributed by atoms with van der Waals surface area (Å²) in [7, 11) is 1.67. The van der Waals surface area contributed by atoms with Crippen molar-refractivity contribution in [3.05, 3.63) is 0 Å². The van der Waals surface area contributed by atoms with Gasteiger partial charge in [0.25, 0.3) is 0 Å². The summed E-state index contributed by atoms with van der Waals surface area (Å²) >= 11 is 0. The number of nitrogens with one attached hydrogen (secondary N) is 1. The molecule has 20 heavy (non-hydrogen) atoms. The zero-order valence-corrected chi connectivity index (χ0v) is 13.7. The summed E-state index contributed by atoms with van der Waals surface area (Å²) in [5, 5.41) is 31.7. The molecule has 0 aromatic carbocycles. The maximum absolute atomic E-state index is 10.4. The highest BCUT2D eigenvalue weighted by Gasteiger charge is 2.38. The Morgan fingerprint density at radius 2 is 1.65 bits per heavy atom. The van der Waals surface area contributed by atoms with Crippen LogP contribution in [0.3, 0.4) is 0 Å². The molecule has 6 N–H and O–H groups in total. The van der Waals surface area contributed by atoms with Gasteiger partial charge in [0, 0.05) is 11.6 Å². The molecule has 0 aliphatic heterocycles. The van der Waals surface area contributed by atoms with Gasteiger partial charge in [0.15, 0.2) is 0 Å². The Labute approximate surface area is 122 Å². The lowest BCUT2D eigenvalue weighted by atomic mass is 9.85. The molecule has 0 fully saturated rings. The molecule has 0 aromatic rings. The third-order valence-electron chi connectivity index (χ3n) is 3.51. The van der Waals surface area contributed by atoms with Gasteiger partial charge in [0.1, 0.15) is 12.3 Å². The van der Waals surface area contributed by atoms with Gasteiger partial charge in [0.05, 0.1) is 6.10 Å². The van der Waals surface area contributed by atoms with Gasteiger partial charge in [-0.1, -0.05) is 13.8 Å². The molecule has 0 aliphatic rings. The molecule has 0 aromatic heterocycles. The van der Waals surface area contributed by atoms with Crippen LogP contribution in [0.1, 0.15) is 47.5 Å². The largest absolute Gasteiger partial charge is 0.393 e. The predicted octanol–water partition coefficient (Wildman–Crippen LogP) is 0.0250. The van der Waals surface area contributed by atoms with Crippen molar-refractivity contribution in [3.63, 3.8) is 0 Å². The number of nitrogens with two attached hydrogens (primary N) is 1. The van der Waals surface area contributed by atoms with Gasteiger partial charge in [-0.05, 0) is 46.6 Å². The van der Waals surface area contributed by atoms with E-state index in [0.29, 0.717) is 18.8 Å². The Hall–Kier alpha value is -0.240. The van der Waals surface area contributed by atoms with E-state index in [1.165, 1.54) is 5.01 Å². The SMILES string of the molecule is CNN(C(C)CC(C)O)C(O)C(O)C(C)(N)CC(C)C. The summed E-state index contributed by atoms with van der Waals surface area (Å²) < 4.78 is 0. The predicted molar refractivity (Wildman–Crippen MR) is 80.7 cm³/mol. The first kappa shape index (κ1) is 19.8. The van der Waals surface area contributed by atoms with Crippen molar-refractivity contribution < 1.29 is 15.3 Å². The molecule has 0 saturated heterocycles. The van der Waals surface area contributed by atoms with E-state index in [1.807, 2.05) is 20.8 Å².